The zero-order chi connectivity index (χ0) is 14.9. The second kappa shape index (κ2) is 5.63. The second-order valence-corrected chi connectivity index (χ2v) is 6.05. The fraction of sp³-hybridized carbons (Fsp3) is 0.368. The van der Waals surface area contributed by atoms with E-state index in [1.807, 2.05) is 24.3 Å². The molecule has 0 aromatic heterocycles. The molecule has 2 nitrogen and oxygen atoms in total. The third-order valence-electron chi connectivity index (χ3n) is 4.68. The van der Waals surface area contributed by atoms with Crippen molar-refractivity contribution in [3.05, 3.63) is 70.8 Å². The summed E-state index contributed by atoms with van der Waals surface area (Å²) in [6.45, 7) is 5.13. The van der Waals surface area contributed by atoms with E-state index in [0.717, 1.165) is 41.6 Å². The third-order valence-corrected chi connectivity index (χ3v) is 4.68. The molecule has 1 aliphatic rings. The maximum Gasteiger partial charge on any atom is 0.130 e. The number of hydrogen-bond donors (Lipinski definition) is 2. The maximum atomic E-state index is 11.8. The van der Waals surface area contributed by atoms with Gasteiger partial charge in [0, 0.05) is 6.04 Å². The van der Waals surface area contributed by atoms with Gasteiger partial charge in [-0.2, -0.15) is 0 Å². The lowest BCUT2D eigenvalue weighted by molar-refractivity contribution is 0.0430. The summed E-state index contributed by atoms with van der Waals surface area (Å²) >= 11 is 0. The summed E-state index contributed by atoms with van der Waals surface area (Å²) in [5, 5.41) is 15.3. The zero-order valence-corrected chi connectivity index (χ0v) is 12.8. The van der Waals surface area contributed by atoms with Gasteiger partial charge in [0.25, 0.3) is 0 Å². The molecular weight excluding hydrogens is 258 g/mol. The van der Waals surface area contributed by atoms with Crippen molar-refractivity contribution >= 4 is 0 Å². The van der Waals surface area contributed by atoms with E-state index >= 15 is 0 Å². The third kappa shape index (κ3) is 2.39. The van der Waals surface area contributed by atoms with Crippen LogP contribution in [0.4, 0.5) is 0 Å². The van der Waals surface area contributed by atoms with Crippen LogP contribution in [0.25, 0.3) is 0 Å². The standard InChI is InChI=1S/C19H23NO/c1-14-8-3-5-10-16(14)19(21,18-12-7-13-20-18)17-11-6-4-9-15(17)2/h3-6,8-11,18,20-21H,7,12-13H2,1-2H3/t18-/m0/s1. The quantitative estimate of drug-likeness (QED) is 0.905. The Morgan fingerprint density at radius 3 is 1.90 bits per heavy atom. The first-order chi connectivity index (χ1) is 10.1. The summed E-state index contributed by atoms with van der Waals surface area (Å²) in [5.41, 5.74) is 3.33. The van der Waals surface area contributed by atoms with Crippen LogP contribution in [-0.4, -0.2) is 17.7 Å². The minimum atomic E-state index is -0.965. The molecule has 21 heavy (non-hydrogen) atoms. The largest absolute Gasteiger partial charge is 0.379 e. The Morgan fingerprint density at radius 2 is 1.48 bits per heavy atom. The molecule has 0 saturated carbocycles. The molecule has 2 aromatic carbocycles. The van der Waals surface area contributed by atoms with E-state index in [9.17, 15) is 5.11 Å². The van der Waals surface area contributed by atoms with E-state index in [-0.39, 0.29) is 6.04 Å². The zero-order valence-electron chi connectivity index (χ0n) is 12.8. The van der Waals surface area contributed by atoms with E-state index in [1.54, 1.807) is 0 Å². The van der Waals surface area contributed by atoms with Gasteiger partial charge >= 0.3 is 0 Å². The molecule has 0 spiro atoms. The highest BCUT2D eigenvalue weighted by Crippen LogP contribution is 2.39. The van der Waals surface area contributed by atoms with E-state index in [0.29, 0.717) is 0 Å². The minimum absolute atomic E-state index is 0.0692. The number of aryl methyl sites for hydroxylation is 2. The van der Waals surface area contributed by atoms with E-state index in [4.69, 9.17) is 0 Å². The van der Waals surface area contributed by atoms with Crippen molar-refractivity contribution < 1.29 is 5.11 Å². The van der Waals surface area contributed by atoms with Gasteiger partial charge in [0.2, 0.25) is 0 Å². The average Bonchev–Trinajstić information content (AvgIpc) is 3.02. The van der Waals surface area contributed by atoms with Crippen LogP contribution in [0.5, 0.6) is 0 Å². The van der Waals surface area contributed by atoms with Gasteiger partial charge in [-0.05, 0) is 55.5 Å². The highest BCUT2D eigenvalue weighted by molar-refractivity contribution is 5.45. The Balaban J connectivity index is 2.21. The van der Waals surface area contributed by atoms with Gasteiger partial charge in [0.1, 0.15) is 5.60 Å². The summed E-state index contributed by atoms with van der Waals surface area (Å²) in [4.78, 5) is 0. The second-order valence-electron chi connectivity index (χ2n) is 6.05. The van der Waals surface area contributed by atoms with E-state index in [1.165, 1.54) is 0 Å². The van der Waals surface area contributed by atoms with E-state index < -0.39 is 5.60 Å². The molecule has 0 aliphatic carbocycles. The van der Waals surface area contributed by atoms with Crippen molar-refractivity contribution in [2.24, 2.45) is 0 Å². The summed E-state index contributed by atoms with van der Waals surface area (Å²) in [6, 6.07) is 16.4. The monoisotopic (exact) mass is 281 g/mol. The Morgan fingerprint density at radius 1 is 0.952 bits per heavy atom. The summed E-state index contributed by atoms with van der Waals surface area (Å²) < 4.78 is 0. The molecule has 1 saturated heterocycles. The van der Waals surface area contributed by atoms with Crippen molar-refractivity contribution in [1.29, 1.82) is 0 Å². The molecule has 0 bridgehead atoms. The Hall–Kier alpha value is -1.64. The van der Waals surface area contributed by atoms with Gasteiger partial charge in [-0.3, -0.25) is 0 Å². The van der Waals surface area contributed by atoms with Crippen LogP contribution >= 0.6 is 0 Å². The Labute approximate surface area is 126 Å². The molecule has 2 heteroatoms. The number of benzene rings is 2. The van der Waals surface area contributed by atoms with Crippen LogP contribution in [-0.2, 0) is 5.60 Å². The predicted molar refractivity (Wildman–Crippen MR) is 86.4 cm³/mol. The maximum absolute atomic E-state index is 11.8. The van der Waals surface area contributed by atoms with Crippen molar-refractivity contribution in [3.8, 4) is 0 Å². The molecular formula is C19H23NO. The number of rotatable bonds is 3. The number of aliphatic hydroxyl groups is 1. The summed E-state index contributed by atoms with van der Waals surface area (Å²) in [7, 11) is 0. The predicted octanol–water partition coefficient (Wildman–Crippen LogP) is 3.29. The first-order valence-corrected chi connectivity index (χ1v) is 7.72. The first-order valence-electron chi connectivity index (χ1n) is 7.72. The average molecular weight is 281 g/mol. The van der Waals surface area contributed by atoms with Crippen molar-refractivity contribution in [1.82, 2.24) is 5.32 Å². The van der Waals surface area contributed by atoms with Crippen molar-refractivity contribution in [2.75, 3.05) is 6.54 Å². The van der Waals surface area contributed by atoms with Gasteiger partial charge in [-0.15, -0.1) is 0 Å². The van der Waals surface area contributed by atoms with Crippen LogP contribution in [0, 0.1) is 13.8 Å². The van der Waals surface area contributed by atoms with Gasteiger partial charge in [0.15, 0.2) is 0 Å². The fourth-order valence-corrected chi connectivity index (χ4v) is 3.56. The Kier molecular flexibility index (Phi) is 3.83. The van der Waals surface area contributed by atoms with Crippen LogP contribution in [0.3, 0.4) is 0 Å². The highest BCUT2D eigenvalue weighted by atomic mass is 16.3. The topological polar surface area (TPSA) is 32.3 Å². The molecule has 2 aromatic rings. The van der Waals surface area contributed by atoms with Crippen molar-refractivity contribution in [2.45, 2.75) is 38.3 Å². The summed E-state index contributed by atoms with van der Waals surface area (Å²) in [6.07, 6.45) is 2.11. The SMILES string of the molecule is Cc1ccccc1C(O)(c1ccccc1C)[C@@H]1CCCN1. The molecule has 110 valence electrons. The van der Waals surface area contributed by atoms with Crippen molar-refractivity contribution in [3.63, 3.8) is 0 Å². The molecule has 1 heterocycles. The van der Waals surface area contributed by atoms with Crippen LogP contribution in [0.15, 0.2) is 48.5 Å². The van der Waals surface area contributed by atoms with Gasteiger partial charge in [0.05, 0.1) is 0 Å². The molecule has 0 unspecified atom stereocenters. The lowest BCUT2D eigenvalue weighted by Gasteiger charge is -2.37. The lowest BCUT2D eigenvalue weighted by atomic mass is 9.76. The molecule has 3 rings (SSSR count). The minimum Gasteiger partial charge on any atom is -0.379 e. The van der Waals surface area contributed by atoms with Crippen LogP contribution in [0.2, 0.25) is 0 Å². The molecule has 2 N–H and O–H groups in total. The van der Waals surface area contributed by atoms with Gasteiger partial charge in [-0.1, -0.05) is 48.5 Å². The smallest absolute Gasteiger partial charge is 0.130 e. The number of nitrogens with one attached hydrogen (secondary N) is 1. The van der Waals surface area contributed by atoms with Crippen LogP contribution in [0.1, 0.15) is 35.1 Å². The lowest BCUT2D eigenvalue weighted by Crippen LogP contribution is -2.47. The molecule has 1 fully saturated rings. The molecule has 0 amide bonds. The van der Waals surface area contributed by atoms with Crippen LogP contribution < -0.4 is 5.32 Å². The Bertz CT molecular complexity index is 583. The first kappa shape index (κ1) is 14.3. The highest BCUT2D eigenvalue weighted by Gasteiger charge is 2.42. The van der Waals surface area contributed by atoms with Gasteiger partial charge < -0.3 is 10.4 Å². The summed E-state index contributed by atoms with van der Waals surface area (Å²) in [5.74, 6) is 0. The molecule has 1 atom stereocenters. The normalized spacial score (nSPS) is 18.9. The number of hydrogen-bond acceptors (Lipinski definition) is 2. The molecule has 1 aliphatic heterocycles. The van der Waals surface area contributed by atoms with E-state index in [2.05, 4.69) is 43.4 Å². The molecule has 0 radical (unpaired) electrons. The fourth-order valence-electron chi connectivity index (χ4n) is 3.56. The van der Waals surface area contributed by atoms with Gasteiger partial charge in [-0.25, -0.2) is 0 Å².